The summed E-state index contributed by atoms with van der Waals surface area (Å²) in [5.74, 6) is 0. The molecule has 0 bridgehead atoms. The van der Waals surface area contributed by atoms with Gasteiger partial charge in [0.2, 0.25) is 0 Å². The molecule has 5 nitrogen and oxygen atoms in total. The van der Waals surface area contributed by atoms with Gasteiger partial charge in [-0.2, -0.15) is 0 Å². The summed E-state index contributed by atoms with van der Waals surface area (Å²) < 4.78 is 15.6. The Morgan fingerprint density at radius 1 is 0.733 bits per heavy atom. The molecule has 0 aromatic heterocycles. The monoisotopic (exact) mass is 430 g/mol. The van der Waals surface area contributed by atoms with Crippen LogP contribution in [0.1, 0.15) is 103 Å². The molecule has 2 atom stereocenters. The summed E-state index contributed by atoms with van der Waals surface area (Å²) >= 11 is 0. The van der Waals surface area contributed by atoms with Gasteiger partial charge in [-0.15, -0.1) is 0 Å². The van der Waals surface area contributed by atoms with Crippen molar-refractivity contribution in [3.8, 4) is 0 Å². The Labute approximate surface area is 186 Å². The van der Waals surface area contributed by atoms with Crippen molar-refractivity contribution in [1.82, 2.24) is 0 Å². The van der Waals surface area contributed by atoms with Crippen molar-refractivity contribution in [3.05, 3.63) is 12.3 Å². The highest BCUT2D eigenvalue weighted by molar-refractivity contribution is 4.73. The zero-order valence-electron chi connectivity index (χ0n) is 19.9. The molecule has 2 N–H and O–H groups in total. The Morgan fingerprint density at radius 2 is 1.27 bits per heavy atom. The van der Waals surface area contributed by atoms with Crippen molar-refractivity contribution < 1.29 is 24.4 Å². The molecule has 0 aromatic rings. The third-order valence-corrected chi connectivity index (χ3v) is 5.36. The standard InChI is InChI=1S/C25H50O5/c1-3-4-5-6-7-8-9-10-11-12-13-14-15-16-17-18-19-29-21-24(27)22-30-23-25(20-26)28-2/h18-19,24-27H,3-17,20-23H2,1-2H3. The van der Waals surface area contributed by atoms with Crippen LogP contribution in [0, 0.1) is 0 Å². The van der Waals surface area contributed by atoms with Crippen LogP contribution in [0.2, 0.25) is 0 Å². The molecule has 0 radical (unpaired) electrons. The lowest BCUT2D eigenvalue weighted by Crippen LogP contribution is -2.27. The minimum atomic E-state index is -0.674. The minimum Gasteiger partial charge on any atom is -0.499 e. The van der Waals surface area contributed by atoms with Gasteiger partial charge in [0, 0.05) is 7.11 Å². The molecule has 0 spiro atoms. The number of hydrogen-bond donors (Lipinski definition) is 2. The fourth-order valence-corrected chi connectivity index (χ4v) is 3.34. The number of aliphatic hydroxyl groups is 2. The summed E-state index contributed by atoms with van der Waals surface area (Å²) in [6.07, 6.45) is 23.0. The Balaban J connectivity index is 3.25. The second-order valence-corrected chi connectivity index (χ2v) is 8.32. The highest BCUT2D eigenvalue weighted by Crippen LogP contribution is 2.13. The van der Waals surface area contributed by atoms with Crippen LogP contribution in [0.4, 0.5) is 0 Å². The van der Waals surface area contributed by atoms with E-state index < -0.39 is 6.10 Å². The highest BCUT2D eigenvalue weighted by Gasteiger charge is 2.08. The summed E-state index contributed by atoms with van der Waals surface area (Å²) in [6, 6.07) is 0. The van der Waals surface area contributed by atoms with Gasteiger partial charge in [0.1, 0.15) is 18.8 Å². The van der Waals surface area contributed by atoms with Crippen molar-refractivity contribution in [2.24, 2.45) is 0 Å². The smallest absolute Gasteiger partial charge is 0.115 e. The van der Waals surface area contributed by atoms with Gasteiger partial charge >= 0.3 is 0 Å². The van der Waals surface area contributed by atoms with Gasteiger partial charge in [0.05, 0.1) is 26.1 Å². The van der Waals surface area contributed by atoms with E-state index in [1.54, 1.807) is 6.26 Å². The normalized spacial score (nSPS) is 13.7. The van der Waals surface area contributed by atoms with Crippen LogP contribution in [0.25, 0.3) is 0 Å². The number of allylic oxidation sites excluding steroid dienone is 1. The Hall–Kier alpha value is -0.620. The van der Waals surface area contributed by atoms with E-state index in [9.17, 15) is 5.11 Å². The second-order valence-electron chi connectivity index (χ2n) is 8.32. The zero-order valence-corrected chi connectivity index (χ0v) is 19.9. The molecular weight excluding hydrogens is 380 g/mol. The summed E-state index contributed by atoms with van der Waals surface area (Å²) in [5, 5.41) is 18.7. The summed E-state index contributed by atoms with van der Waals surface area (Å²) in [4.78, 5) is 0. The quantitative estimate of drug-likeness (QED) is 0.150. The van der Waals surface area contributed by atoms with E-state index in [1.807, 2.05) is 6.08 Å². The van der Waals surface area contributed by atoms with Crippen LogP contribution in [0.5, 0.6) is 0 Å². The third-order valence-electron chi connectivity index (χ3n) is 5.36. The lowest BCUT2D eigenvalue weighted by atomic mass is 10.0. The lowest BCUT2D eigenvalue weighted by molar-refractivity contribution is -0.0513. The topological polar surface area (TPSA) is 68.2 Å². The molecule has 0 saturated heterocycles. The van der Waals surface area contributed by atoms with Crippen LogP contribution in [0.3, 0.4) is 0 Å². The first kappa shape index (κ1) is 29.4. The fraction of sp³-hybridized carbons (Fsp3) is 0.920. The van der Waals surface area contributed by atoms with Gasteiger partial charge in [-0.1, -0.05) is 90.4 Å². The van der Waals surface area contributed by atoms with Crippen LogP contribution in [-0.2, 0) is 14.2 Å². The number of hydrogen-bond acceptors (Lipinski definition) is 5. The largest absolute Gasteiger partial charge is 0.499 e. The van der Waals surface area contributed by atoms with Crippen molar-refractivity contribution in [2.75, 3.05) is 33.5 Å². The maximum Gasteiger partial charge on any atom is 0.115 e. The molecule has 0 fully saturated rings. The van der Waals surface area contributed by atoms with E-state index in [2.05, 4.69) is 6.92 Å². The van der Waals surface area contributed by atoms with E-state index in [1.165, 1.54) is 97.0 Å². The maximum absolute atomic E-state index is 9.76. The number of unbranched alkanes of at least 4 members (excludes halogenated alkanes) is 14. The molecule has 0 aliphatic carbocycles. The molecule has 2 unspecified atom stereocenters. The van der Waals surface area contributed by atoms with E-state index in [0.717, 1.165) is 6.42 Å². The number of ether oxygens (including phenoxy) is 3. The van der Waals surface area contributed by atoms with Gasteiger partial charge in [-0.05, 0) is 18.9 Å². The molecule has 0 rings (SSSR count). The molecule has 0 amide bonds. The summed E-state index contributed by atoms with van der Waals surface area (Å²) in [7, 11) is 1.52. The first-order valence-corrected chi connectivity index (χ1v) is 12.4. The highest BCUT2D eigenvalue weighted by atomic mass is 16.5. The first-order chi connectivity index (χ1) is 14.7. The van der Waals surface area contributed by atoms with Gasteiger partial charge in [-0.25, -0.2) is 0 Å². The Bertz CT molecular complexity index is 344. The van der Waals surface area contributed by atoms with Crippen molar-refractivity contribution >= 4 is 0 Å². The molecule has 180 valence electrons. The van der Waals surface area contributed by atoms with Crippen molar-refractivity contribution in [3.63, 3.8) is 0 Å². The number of aliphatic hydroxyl groups excluding tert-OH is 2. The van der Waals surface area contributed by atoms with Gasteiger partial charge in [-0.3, -0.25) is 0 Å². The van der Waals surface area contributed by atoms with Crippen molar-refractivity contribution in [1.29, 1.82) is 0 Å². The molecule has 0 aromatic carbocycles. The molecule has 0 heterocycles. The predicted octanol–water partition coefficient (Wildman–Crippen LogP) is 5.77. The van der Waals surface area contributed by atoms with Gasteiger partial charge < -0.3 is 24.4 Å². The average Bonchev–Trinajstić information content (AvgIpc) is 2.76. The molecule has 5 heteroatoms. The maximum atomic E-state index is 9.76. The number of rotatable bonds is 24. The molecule has 0 saturated carbocycles. The van der Waals surface area contributed by atoms with E-state index in [-0.39, 0.29) is 32.5 Å². The van der Waals surface area contributed by atoms with Crippen LogP contribution < -0.4 is 0 Å². The third kappa shape index (κ3) is 22.1. The first-order valence-electron chi connectivity index (χ1n) is 12.4. The lowest BCUT2D eigenvalue weighted by Gasteiger charge is -2.15. The zero-order chi connectivity index (χ0) is 22.1. The molecular formula is C25H50O5. The molecule has 0 aliphatic rings. The summed E-state index contributed by atoms with van der Waals surface area (Å²) in [6.45, 7) is 2.83. The SMILES string of the molecule is CCCCCCCCCCCCCCCCC=COCC(O)COCC(CO)OC. The average molecular weight is 431 g/mol. The van der Waals surface area contributed by atoms with E-state index in [4.69, 9.17) is 19.3 Å². The Kier molecular flexibility index (Phi) is 24.1. The molecule has 0 aliphatic heterocycles. The predicted molar refractivity (Wildman–Crippen MR) is 125 cm³/mol. The van der Waals surface area contributed by atoms with Crippen LogP contribution in [0.15, 0.2) is 12.3 Å². The number of methoxy groups -OCH3 is 1. The fourth-order valence-electron chi connectivity index (χ4n) is 3.34. The van der Waals surface area contributed by atoms with Crippen LogP contribution in [-0.4, -0.2) is 56.0 Å². The summed E-state index contributed by atoms with van der Waals surface area (Å²) in [5.41, 5.74) is 0. The Morgan fingerprint density at radius 3 is 1.77 bits per heavy atom. The van der Waals surface area contributed by atoms with Gasteiger partial charge in [0.25, 0.3) is 0 Å². The van der Waals surface area contributed by atoms with Gasteiger partial charge in [0.15, 0.2) is 0 Å². The van der Waals surface area contributed by atoms with E-state index in [0.29, 0.717) is 0 Å². The molecule has 30 heavy (non-hydrogen) atoms. The van der Waals surface area contributed by atoms with E-state index >= 15 is 0 Å². The second kappa shape index (κ2) is 24.6. The van der Waals surface area contributed by atoms with Crippen molar-refractivity contribution in [2.45, 2.75) is 115 Å². The van der Waals surface area contributed by atoms with Crippen LogP contribution >= 0.6 is 0 Å². The minimum absolute atomic E-state index is 0.0922.